The Labute approximate surface area is 142 Å². The van der Waals surface area contributed by atoms with Gasteiger partial charge in [0.1, 0.15) is 0 Å². The second kappa shape index (κ2) is 7.27. The number of nitro benzene ring substituents is 1. The van der Waals surface area contributed by atoms with Crippen LogP contribution in [0.2, 0.25) is 0 Å². The summed E-state index contributed by atoms with van der Waals surface area (Å²) >= 11 is -0.735. The number of carboxylic acids is 1. The van der Waals surface area contributed by atoms with Gasteiger partial charge in [0.2, 0.25) is 0 Å². The van der Waals surface area contributed by atoms with Gasteiger partial charge in [-0.05, 0) is 23.9 Å². The molecule has 0 bridgehead atoms. The highest BCUT2D eigenvalue weighted by Crippen LogP contribution is 2.54. The number of nitro groups is 1. The third-order valence-corrected chi connectivity index (χ3v) is 4.50. The highest BCUT2D eigenvalue weighted by molar-refractivity contribution is 8.00. The maximum atomic E-state index is 13.3. The van der Waals surface area contributed by atoms with Crippen molar-refractivity contribution >= 4 is 35.2 Å². The average molecular weight is 413 g/mol. The van der Waals surface area contributed by atoms with E-state index in [1.54, 1.807) is 0 Å². The van der Waals surface area contributed by atoms with Gasteiger partial charge in [0.25, 0.3) is 5.69 Å². The minimum absolute atomic E-state index is 0.275. The summed E-state index contributed by atoms with van der Waals surface area (Å²) in [6.45, 7) is 0. The van der Waals surface area contributed by atoms with E-state index >= 15 is 0 Å². The van der Waals surface area contributed by atoms with Crippen LogP contribution in [0.5, 0.6) is 0 Å². The number of benzene rings is 1. The minimum Gasteiger partial charge on any atom is -0.481 e. The number of thioether (sulfide) groups is 2. The zero-order valence-corrected chi connectivity index (χ0v) is 13.2. The number of rotatable bonds is 7. The first-order valence-corrected chi connectivity index (χ1v) is 7.63. The summed E-state index contributed by atoms with van der Waals surface area (Å²) in [5.41, 5.74) is -0.901. The largest absolute Gasteiger partial charge is 0.481 e. The molecule has 0 aliphatic carbocycles. The number of hydrogen-bond acceptors (Lipinski definition) is 5. The summed E-state index contributed by atoms with van der Waals surface area (Å²) in [4.78, 5) is 19.0. The van der Waals surface area contributed by atoms with Gasteiger partial charge < -0.3 is 5.11 Å². The molecule has 0 spiro atoms. The van der Waals surface area contributed by atoms with Crippen LogP contribution in [0, 0.1) is 10.1 Å². The van der Waals surface area contributed by atoms with E-state index in [0.29, 0.717) is 23.9 Å². The topological polar surface area (TPSA) is 80.4 Å². The average Bonchev–Trinajstić information content (AvgIpc) is 2.43. The number of carbonyl (C=O) groups is 1. The summed E-state index contributed by atoms with van der Waals surface area (Å²) in [5, 5.41) is 13.7. The molecule has 0 atom stereocenters. The van der Waals surface area contributed by atoms with Gasteiger partial charge in [0, 0.05) is 11.0 Å². The molecule has 0 heterocycles. The zero-order valence-electron chi connectivity index (χ0n) is 11.5. The summed E-state index contributed by atoms with van der Waals surface area (Å²) in [6.07, 6.45) is -6.52. The second-order valence-corrected chi connectivity index (χ2v) is 6.47. The van der Waals surface area contributed by atoms with E-state index in [2.05, 4.69) is 0 Å². The predicted octanol–water partition coefficient (Wildman–Crippen LogP) is 4.65. The SMILES string of the molecule is O=C(O)CSc1ccc(SC(F)(F)C(F)(F)C(F)(F)F)cc1[N+](=O)[O-]. The van der Waals surface area contributed by atoms with Gasteiger partial charge in [-0.25, -0.2) is 0 Å². The number of alkyl halides is 7. The summed E-state index contributed by atoms with van der Waals surface area (Å²) in [6, 6.07) is 1.81. The third-order valence-electron chi connectivity index (χ3n) is 2.45. The maximum absolute atomic E-state index is 13.3. The van der Waals surface area contributed by atoms with Crippen molar-refractivity contribution in [1.82, 2.24) is 0 Å². The molecule has 0 saturated heterocycles. The van der Waals surface area contributed by atoms with E-state index in [0.717, 1.165) is 6.07 Å². The maximum Gasteiger partial charge on any atom is 0.460 e. The lowest BCUT2D eigenvalue weighted by Gasteiger charge is -2.27. The van der Waals surface area contributed by atoms with E-state index in [1.807, 2.05) is 0 Å². The van der Waals surface area contributed by atoms with Crippen molar-refractivity contribution in [1.29, 1.82) is 0 Å². The fourth-order valence-corrected chi connectivity index (χ4v) is 2.91. The lowest BCUT2D eigenvalue weighted by molar-refractivity contribution is -0.387. The highest BCUT2D eigenvalue weighted by Gasteiger charge is 2.73. The van der Waals surface area contributed by atoms with Gasteiger partial charge in [0.05, 0.1) is 15.6 Å². The van der Waals surface area contributed by atoms with Gasteiger partial charge in [0.15, 0.2) is 0 Å². The lowest BCUT2D eigenvalue weighted by Crippen LogP contribution is -2.49. The molecule has 0 saturated carbocycles. The molecule has 14 heteroatoms. The molecule has 0 fully saturated rings. The summed E-state index contributed by atoms with van der Waals surface area (Å²) in [5.74, 6) is -8.32. The number of halogens is 7. The fourth-order valence-electron chi connectivity index (χ4n) is 1.34. The molecule has 0 aliphatic rings. The second-order valence-electron chi connectivity index (χ2n) is 4.26. The van der Waals surface area contributed by atoms with Crippen molar-refractivity contribution in [2.45, 2.75) is 27.1 Å². The Kier molecular flexibility index (Phi) is 6.21. The lowest BCUT2D eigenvalue weighted by atomic mass is 10.3. The quantitative estimate of drug-likeness (QED) is 0.303. The minimum atomic E-state index is -6.52. The van der Waals surface area contributed by atoms with Crippen LogP contribution >= 0.6 is 23.5 Å². The Balaban J connectivity index is 3.17. The summed E-state index contributed by atoms with van der Waals surface area (Å²) < 4.78 is 88.5. The van der Waals surface area contributed by atoms with Crippen molar-refractivity contribution < 1.29 is 45.6 Å². The normalized spacial score (nSPS) is 12.9. The van der Waals surface area contributed by atoms with E-state index < -0.39 is 56.3 Å². The molecule has 25 heavy (non-hydrogen) atoms. The first-order chi connectivity index (χ1) is 11.2. The monoisotopic (exact) mass is 413 g/mol. The number of hydrogen-bond donors (Lipinski definition) is 1. The molecule has 1 rings (SSSR count). The van der Waals surface area contributed by atoms with Crippen LogP contribution in [-0.4, -0.2) is 39.1 Å². The number of nitrogens with zero attached hydrogens (tertiary/aromatic N) is 1. The molecular weight excluding hydrogens is 407 g/mol. The zero-order chi connectivity index (χ0) is 19.6. The Morgan fingerprint density at radius 2 is 1.72 bits per heavy atom. The molecule has 0 unspecified atom stereocenters. The smallest absolute Gasteiger partial charge is 0.460 e. The molecule has 5 nitrogen and oxygen atoms in total. The van der Waals surface area contributed by atoms with Crippen molar-refractivity contribution in [2.24, 2.45) is 0 Å². The standard InChI is InChI=1S/C11H6F7NO4S2/c12-9(13,10(14,15)16)11(17,18)25-5-1-2-7(24-4-8(20)21)6(3-5)19(22)23/h1-3H,4H2,(H,20,21). The van der Waals surface area contributed by atoms with Gasteiger partial charge in [-0.3, -0.25) is 14.9 Å². The Hall–Kier alpha value is -1.70. The van der Waals surface area contributed by atoms with E-state index in [4.69, 9.17) is 5.11 Å². The third kappa shape index (κ3) is 4.90. The molecule has 0 aliphatic heterocycles. The molecule has 1 aromatic carbocycles. The van der Waals surface area contributed by atoms with Crippen LogP contribution in [0.4, 0.5) is 36.4 Å². The van der Waals surface area contributed by atoms with Gasteiger partial charge in [-0.15, -0.1) is 11.8 Å². The van der Waals surface area contributed by atoms with Crippen LogP contribution in [-0.2, 0) is 4.79 Å². The van der Waals surface area contributed by atoms with Crippen LogP contribution in [0.25, 0.3) is 0 Å². The Morgan fingerprint density at radius 1 is 1.16 bits per heavy atom. The predicted molar refractivity (Wildman–Crippen MR) is 73.3 cm³/mol. The molecule has 1 N–H and O–H groups in total. The van der Waals surface area contributed by atoms with Crippen molar-refractivity contribution in [3.05, 3.63) is 28.3 Å². The van der Waals surface area contributed by atoms with Crippen LogP contribution < -0.4 is 0 Å². The molecule has 0 amide bonds. The highest BCUT2D eigenvalue weighted by atomic mass is 32.2. The first-order valence-electron chi connectivity index (χ1n) is 5.83. The van der Waals surface area contributed by atoms with E-state index in [1.165, 1.54) is 0 Å². The molecule has 0 radical (unpaired) electrons. The van der Waals surface area contributed by atoms with Crippen LogP contribution in [0.1, 0.15) is 0 Å². The van der Waals surface area contributed by atoms with Crippen molar-refractivity contribution in [3.63, 3.8) is 0 Å². The molecule has 140 valence electrons. The Bertz CT molecular complexity index is 681. The van der Waals surface area contributed by atoms with E-state index in [9.17, 15) is 45.6 Å². The first kappa shape index (κ1) is 21.3. The van der Waals surface area contributed by atoms with Gasteiger partial charge in [-0.1, -0.05) is 0 Å². The summed E-state index contributed by atoms with van der Waals surface area (Å²) in [7, 11) is 0. The van der Waals surface area contributed by atoms with Crippen LogP contribution in [0.15, 0.2) is 28.0 Å². The number of aliphatic carboxylic acids is 1. The molecular formula is C11H6F7NO4S2. The van der Waals surface area contributed by atoms with Gasteiger partial charge >= 0.3 is 23.3 Å². The Morgan fingerprint density at radius 3 is 2.16 bits per heavy atom. The molecule has 1 aromatic rings. The van der Waals surface area contributed by atoms with E-state index in [-0.39, 0.29) is 4.90 Å². The van der Waals surface area contributed by atoms with Crippen molar-refractivity contribution in [3.8, 4) is 0 Å². The molecule has 0 aromatic heterocycles. The fraction of sp³-hybridized carbons (Fsp3) is 0.364. The van der Waals surface area contributed by atoms with Gasteiger partial charge in [-0.2, -0.15) is 30.7 Å². The van der Waals surface area contributed by atoms with Crippen molar-refractivity contribution in [2.75, 3.05) is 5.75 Å². The number of carboxylic acid groups (broad SMARTS) is 1. The van der Waals surface area contributed by atoms with Crippen LogP contribution in [0.3, 0.4) is 0 Å².